The van der Waals surface area contributed by atoms with Gasteiger partial charge in [-0.3, -0.25) is 4.79 Å². The molecule has 16 heavy (non-hydrogen) atoms. The summed E-state index contributed by atoms with van der Waals surface area (Å²) in [6.45, 7) is 4.71. The average Bonchev–Trinajstić information content (AvgIpc) is 2.26. The SMILES string of the molecule is CCCCCNc1ccc(NC(C)=O)cc1. The molecule has 0 spiro atoms. The summed E-state index contributed by atoms with van der Waals surface area (Å²) in [7, 11) is 0. The maximum absolute atomic E-state index is 10.8. The monoisotopic (exact) mass is 220 g/mol. The predicted octanol–water partition coefficient (Wildman–Crippen LogP) is 3.25. The maximum atomic E-state index is 10.8. The zero-order valence-electron chi connectivity index (χ0n) is 10.0. The number of carbonyl (C=O) groups excluding carboxylic acids is 1. The summed E-state index contributed by atoms with van der Waals surface area (Å²) in [4.78, 5) is 10.8. The number of hydrogen-bond acceptors (Lipinski definition) is 2. The van der Waals surface area contributed by atoms with Gasteiger partial charge in [0.15, 0.2) is 0 Å². The van der Waals surface area contributed by atoms with Crippen molar-refractivity contribution in [1.29, 1.82) is 0 Å². The second-order valence-electron chi connectivity index (χ2n) is 3.89. The van der Waals surface area contributed by atoms with Gasteiger partial charge in [-0.2, -0.15) is 0 Å². The molecule has 0 bridgehead atoms. The number of nitrogens with one attached hydrogen (secondary N) is 2. The number of benzene rings is 1. The van der Waals surface area contributed by atoms with Crippen LogP contribution < -0.4 is 10.6 Å². The van der Waals surface area contributed by atoms with E-state index in [9.17, 15) is 4.79 Å². The molecule has 1 aromatic carbocycles. The maximum Gasteiger partial charge on any atom is 0.221 e. The van der Waals surface area contributed by atoms with E-state index in [0.717, 1.165) is 17.9 Å². The van der Waals surface area contributed by atoms with E-state index < -0.39 is 0 Å². The van der Waals surface area contributed by atoms with Crippen LogP contribution >= 0.6 is 0 Å². The highest BCUT2D eigenvalue weighted by Crippen LogP contribution is 2.13. The van der Waals surface area contributed by atoms with Crippen molar-refractivity contribution in [2.75, 3.05) is 17.2 Å². The molecule has 0 aliphatic carbocycles. The number of carbonyl (C=O) groups is 1. The third kappa shape index (κ3) is 4.82. The Hall–Kier alpha value is -1.51. The Morgan fingerprint density at radius 1 is 1.12 bits per heavy atom. The smallest absolute Gasteiger partial charge is 0.221 e. The molecule has 0 heterocycles. The fourth-order valence-corrected chi connectivity index (χ4v) is 1.48. The molecule has 1 amide bonds. The Kier molecular flexibility index (Phi) is 5.40. The van der Waals surface area contributed by atoms with Gasteiger partial charge in [0.1, 0.15) is 0 Å². The summed E-state index contributed by atoms with van der Waals surface area (Å²) in [6, 6.07) is 7.78. The summed E-state index contributed by atoms with van der Waals surface area (Å²) >= 11 is 0. The van der Waals surface area contributed by atoms with Crippen molar-refractivity contribution in [3.05, 3.63) is 24.3 Å². The Balaban J connectivity index is 2.36. The summed E-state index contributed by atoms with van der Waals surface area (Å²) < 4.78 is 0. The molecule has 0 unspecified atom stereocenters. The molecular formula is C13H20N2O. The normalized spacial score (nSPS) is 9.88. The minimum atomic E-state index is -0.0383. The largest absolute Gasteiger partial charge is 0.385 e. The highest BCUT2D eigenvalue weighted by atomic mass is 16.1. The molecule has 3 heteroatoms. The van der Waals surface area contributed by atoms with Crippen molar-refractivity contribution < 1.29 is 4.79 Å². The molecule has 0 aliphatic rings. The summed E-state index contributed by atoms with van der Waals surface area (Å²) in [5.74, 6) is -0.0383. The van der Waals surface area contributed by atoms with E-state index in [2.05, 4.69) is 17.6 Å². The van der Waals surface area contributed by atoms with Crippen LogP contribution in [0.4, 0.5) is 11.4 Å². The van der Waals surface area contributed by atoms with E-state index in [-0.39, 0.29) is 5.91 Å². The Morgan fingerprint density at radius 3 is 2.31 bits per heavy atom. The Labute approximate surface area is 97.2 Å². The standard InChI is InChI=1S/C13H20N2O/c1-3-4-5-10-14-12-6-8-13(9-7-12)15-11(2)16/h6-9,14H,3-5,10H2,1-2H3,(H,15,16). The molecular weight excluding hydrogens is 200 g/mol. The van der Waals surface area contributed by atoms with Crippen LogP contribution in [0.3, 0.4) is 0 Å². The molecule has 0 aromatic heterocycles. The number of hydrogen-bond donors (Lipinski definition) is 2. The predicted molar refractivity (Wildman–Crippen MR) is 68.8 cm³/mol. The first kappa shape index (κ1) is 12.6. The van der Waals surface area contributed by atoms with Crippen molar-refractivity contribution in [1.82, 2.24) is 0 Å². The van der Waals surface area contributed by atoms with Crippen LogP contribution in [0.25, 0.3) is 0 Å². The average molecular weight is 220 g/mol. The number of amides is 1. The number of unbranched alkanes of at least 4 members (excludes halogenated alkanes) is 2. The highest BCUT2D eigenvalue weighted by Gasteiger charge is 1.95. The van der Waals surface area contributed by atoms with Crippen LogP contribution in [-0.4, -0.2) is 12.5 Å². The van der Waals surface area contributed by atoms with Crippen LogP contribution in [0.5, 0.6) is 0 Å². The van der Waals surface area contributed by atoms with E-state index >= 15 is 0 Å². The molecule has 0 radical (unpaired) electrons. The molecule has 0 fully saturated rings. The van der Waals surface area contributed by atoms with Gasteiger partial charge in [-0.05, 0) is 30.7 Å². The van der Waals surface area contributed by atoms with Crippen molar-refractivity contribution in [2.45, 2.75) is 33.1 Å². The van der Waals surface area contributed by atoms with Crippen LogP contribution in [0.1, 0.15) is 33.1 Å². The third-order valence-electron chi connectivity index (χ3n) is 2.31. The molecule has 2 N–H and O–H groups in total. The zero-order chi connectivity index (χ0) is 11.8. The summed E-state index contributed by atoms with van der Waals surface area (Å²) in [6.07, 6.45) is 3.70. The van der Waals surface area contributed by atoms with Gasteiger partial charge in [0.2, 0.25) is 5.91 Å². The first-order chi connectivity index (χ1) is 7.72. The Bertz CT molecular complexity index is 319. The first-order valence-corrected chi connectivity index (χ1v) is 5.84. The Morgan fingerprint density at radius 2 is 1.75 bits per heavy atom. The van der Waals surface area contributed by atoms with Crippen LogP contribution in [0.2, 0.25) is 0 Å². The van der Waals surface area contributed by atoms with Gasteiger partial charge in [0, 0.05) is 24.8 Å². The van der Waals surface area contributed by atoms with Gasteiger partial charge < -0.3 is 10.6 Å². The van der Waals surface area contributed by atoms with Crippen molar-refractivity contribution in [3.63, 3.8) is 0 Å². The van der Waals surface area contributed by atoms with Gasteiger partial charge >= 0.3 is 0 Å². The van der Waals surface area contributed by atoms with Gasteiger partial charge in [0.25, 0.3) is 0 Å². The zero-order valence-corrected chi connectivity index (χ0v) is 10.0. The van der Waals surface area contributed by atoms with Gasteiger partial charge in [-0.25, -0.2) is 0 Å². The van der Waals surface area contributed by atoms with Crippen LogP contribution in [-0.2, 0) is 4.79 Å². The first-order valence-electron chi connectivity index (χ1n) is 5.84. The lowest BCUT2D eigenvalue weighted by molar-refractivity contribution is -0.114. The topological polar surface area (TPSA) is 41.1 Å². The molecule has 0 atom stereocenters. The van der Waals surface area contributed by atoms with E-state index in [1.165, 1.54) is 26.2 Å². The molecule has 1 aromatic rings. The second-order valence-corrected chi connectivity index (χ2v) is 3.89. The fraction of sp³-hybridized carbons (Fsp3) is 0.462. The van der Waals surface area contributed by atoms with Crippen LogP contribution in [0.15, 0.2) is 24.3 Å². The number of anilines is 2. The van der Waals surface area contributed by atoms with Crippen molar-refractivity contribution in [2.24, 2.45) is 0 Å². The molecule has 3 nitrogen and oxygen atoms in total. The minimum absolute atomic E-state index is 0.0383. The lowest BCUT2D eigenvalue weighted by atomic mass is 10.2. The van der Waals surface area contributed by atoms with Crippen molar-refractivity contribution in [3.8, 4) is 0 Å². The summed E-state index contributed by atoms with van der Waals surface area (Å²) in [5.41, 5.74) is 1.94. The number of rotatable bonds is 6. The van der Waals surface area contributed by atoms with E-state index in [1.54, 1.807) is 0 Å². The van der Waals surface area contributed by atoms with Crippen LogP contribution in [0, 0.1) is 0 Å². The van der Waals surface area contributed by atoms with Crippen molar-refractivity contribution >= 4 is 17.3 Å². The molecule has 0 saturated heterocycles. The van der Waals surface area contributed by atoms with E-state index in [4.69, 9.17) is 0 Å². The lowest BCUT2D eigenvalue weighted by Crippen LogP contribution is -2.06. The quantitative estimate of drug-likeness (QED) is 0.722. The van der Waals surface area contributed by atoms with E-state index in [1.807, 2.05) is 24.3 Å². The lowest BCUT2D eigenvalue weighted by Gasteiger charge is -2.07. The molecule has 0 saturated carbocycles. The van der Waals surface area contributed by atoms with E-state index in [0.29, 0.717) is 0 Å². The molecule has 88 valence electrons. The van der Waals surface area contributed by atoms with Gasteiger partial charge in [-0.1, -0.05) is 19.8 Å². The molecule has 1 rings (SSSR count). The fourth-order valence-electron chi connectivity index (χ4n) is 1.48. The molecule has 0 aliphatic heterocycles. The highest BCUT2D eigenvalue weighted by molar-refractivity contribution is 5.88. The van der Waals surface area contributed by atoms with Gasteiger partial charge in [-0.15, -0.1) is 0 Å². The van der Waals surface area contributed by atoms with Gasteiger partial charge in [0.05, 0.1) is 0 Å². The summed E-state index contributed by atoms with van der Waals surface area (Å²) in [5, 5.41) is 6.09. The minimum Gasteiger partial charge on any atom is -0.385 e. The third-order valence-corrected chi connectivity index (χ3v) is 2.31. The second kappa shape index (κ2) is 6.88.